The number of ether oxygens (including phenoxy) is 1. The van der Waals surface area contributed by atoms with E-state index in [0.717, 1.165) is 6.20 Å². The van der Waals surface area contributed by atoms with Crippen molar-refractivity contribution >= 4 is 17.4 Å². The van der Waals surface area contributed by atoms with Gasteiger partial charge in [0.25, 0.3) is 0 Å². The largest absolute Gasteiger partial charge is 0.467 e. The van der Waals surface area contributed by atoms with Crippen molar-refractivity contribution in [2.24, 2.45) is 0 Å². The third-order valence-corrected chi connectivity index (χ3v) is 3.32. The molecule has 10 heteroatoms. The van der Waals surface area contributed by atoms with Crippen molar-refractivity contribution in [2.75, 3.05) is 12.4 Å². The van der Waals surface area contributed by atoms with E-state index in [0.29, 0.717) is 11.2 Å². The standard InChI is InChI=1S/C14H13FN6O3/c1-7(13(22)24-2)17-12-9(15)5-16-11(18-12)8-3-4-10-19-20-14(23)21(10)6-8/h3-7H,1-2H3,(H,20,23)(H,16,17,18). The molecular weight excluding hydrogens is 319 g/mol. The molecule has 3 aromatic rings. The molecule has 0 aromatic carbocycles. The Kier molecular flexibility index (Phi) is 3.94. The van der Waals surface area contributed by atoms with Gasteiger partial charge < -0.3 is 10.1 Å². The molecule has 124 valence electrons. The van der Waals surface area contributed by atoms with Crippen LogP contribution < -0.4 is 11.0 Å². The Bertz CT molecular complexity index is 967. The highest BCUT2D eigenvalue weighted by molar-refractivity contribution is 5.78. The van der Waals surface area contributed by atoms with Crippen LogP contribution in [0, 0.1) is 5.82 Å². The first-order chi connectivity index (χ1) is 11.5. The van der Waals surface area contributed by atoms with Gasteiger partial charge in [0, 0.05) is 11.8 Å². The molecular formula is C14H13FN6O3. The van der Waals surface area contributed by atoms with E-state index in [9.17, 15) is 14.0 Å². The monoisotopic (exact) mass is 332 g/mol. The summed E-state index contributed by atoms with van der Waals surface area (Å²) in [6.45, 7) is 1.52. The highest BCUT2D eigenvalue weighted by Crippen LogP contribution is 2.19. The highest BCUT2D eigenvalue weighted by atomic mass is 19.1. The summed E-state index contributed by atoms with van der Waals surface area (Å²) in [5.41, 5.74) is 0.509. The molecule has 3 aromatic heterocycles. The van der Waals surface area contributed by atoms with Gasteiger partial charge in [-0.1, -0.05) is 0 Å². The number of pyridine rings is 1. The van der Waals surface area contributed by atoms with Crippen LogP contribution in [0.1, 0.15) is 6.92 Å². The molecule has 1 atom stereocenters. The number of nitrogens with one attached hydrogen (secondary N) is 2. The van der Waals surface area contributed by atoms with Crippen molar-refractivity contribution in [1.29, 1.82) is 0 Å². The van der Waals surface area contributed by atoms with E-state index in [-0.39, 0.29) is 11.6 Å². The number of hydrogen-bond acceptors (Lipinski definition) is 7. The van der Waals surface area contributed by atoms with Gasteiger partial charge in [0.1, 0.15) is 6.04 Å². The second-order valence-corrected chi connectivity index (χ2v) is 4.95. The van der Waals surface area contributed by atoms with Crippen molar-refractivity contribution in [3.63, 3.8) is 0 Å². The summed E-state index contributed by atoms with van der Waals surface area (Å²) in [4.78, 5) is 31.0. The fourth-order valence-corrected chi connectivity index (χ4v) is 2.09. The number of fused-ring (bicyclic) bond motifs is 1. The van der Waals surface area contributed by atoms with Gasteiger partial charge in [0.05, 0.1) is 13.3 Å². The van der Waals surface area contributed by atoms with Crippen molar-refractivity contribution in [2.45, 2.75) is 13.0 Å². The van der Waals surface area contributed by atoms with Gasteiger partial charge in [-0.15, -0.1) is 0 Å². The van der Waals surface area contributed by atoms with E-state index >= 15 is 0 Å². The lowest BCUT2D eigenvalue weighted by Gasteiger charge is -2.13. The molecule has 0 spiro atoms. The minimum Gasteiger partial charge on any atom is -0.467 e. The fourth-order valence-electron chi connectivity index (χ4n) is 2.09. The molecule has 1 unspecified atom stereocenters. The van der Waals surface area contributed by atoms with Gasteiger partial charge >= 0.3 is 11.7 Å². The first-order valence-electron chi connectivity index (χ1n) is 6.93. The van der Waals surface area contributed by atoms with Gasteiger partial charge in [-0.2, -0.15) is 5.10 Å². The summed E-state index contributed by atoms with van der Waals surface area (Å²) >= 11 is 0. The molecule has 0 bridgehead atoms. The molecule has 9 nitrogen and oxygen atoms in total. The van der Waals surface area contributed by atoms with Crippen LogP contribution in [0.5, 0.6) is 0 Å². The molecule has 0 aliphatic heterocycles. The summed E-state index contributed by atoms with van der Waals surface area (Å²) < 4.78 is 19.7. The van der Waals surface area contributed by atoms with Crippen molar-refractivity contribution < 1.29 is 13.9 Å². The van der Waals surface area contributed by atoms with Crippen LogP contribution in [0.4, 0.5) is 10.2 Å². The Morgan fingerprint density at radius 2 is 2.25 bits per heavy atom. The minimum absolute atomic E-state index is 0.141. The lowest BCUT2D eigenvalue weighted by Crippen LogP contribution is -2.28. The van der Waals surface area contributed by atoms with Gasteiger partial charge in [0.2, 0.25) is 0 Å². The van der Waals surface area contributed by atoms with Crippen molar-refractivity contribution in [3.05, 3.63) is 40.8 Å². The van der Waals surface area contributed by atoms with Crippen LogP contribution in [0.2, 0.25) is 0 Å². The number of hydrogen-bond donors (Lipinski definition) is 2. The number of esters is 1. The van der Waals surface area contributed by atoms with E-state index in [1.165, 1.54) is 24.6 Å². The van der Waals surface area contributed by atoms with E-state index in [1.54, 1.807) is 12.1 Å². The topological polar surface area (TPSA) is 114 Å². The molecule has 0 fully saturated rings. The summed E-state index contributed by atoms with van der Waals surface area (Å²) in [5, 5.41) is 8.75. The highest BCUT2D eigenvalue weighted by Gasteiger charge is 2.17. The molecule has 0 radical (unpaired) electrons. The van der Waals surface area contributed by atoms with Gasteiger partial charge in [-0.25, -0.2) is 33.4 Å². The number of methoxy groups -OCH3 is 1. The van der Waals surface area contributed by atoms with Crippen LogP contribution in [0.3, 0.4) is 0 Å². The van der Waals surface area contributed by atoms with Crippen molar-refractivity contribution in [1.82, 2.24) is 24.6 Å². The maximum absolute atomic E-state index is 13.9. The van der Waals surface area contributed by atoms with E-state index < -0.39 is 23.5 Å². The number of halogens is 1. The quantitative estimate of drug-likeness (QED) is 0.672. The molecule has 3 heterocycles. The SMILES string of the molecule is COC(=O)C(C)Nc1nc(-c2ccc3n[nH]c(=O)n3c2)ncc1F. The van der Waals surface area contributed by atoms with Crippen molar-refractivity contribution in [3.8, 4) is 11.4 Å². The number of nitrogens with zero attached hydrogens (tertiary/aromatic N) is 4. The Hall–Kier alpha value is -3.30. The molecule has 3 rings (SSSR count). The molecule has 0 aliphatic rings. The summed E-state index contributed by atoms with van der Waals surface area (Å²) in [5.74, 6) is -1.22. The number of aromatic nitrogens is 5. The third-order valence-electron chi connectivity index (χ3n) is 3.32. The van der Waals surface area contributed by atoms with Gasteiger partial charge in [-0.05, 0) is 19.1 Å². The Morgan fingerprint density at radius 1 is 1.46 bits per heavy atom. The summed E-state index contributed by atoms with van der Waals surface area (Å²) in [6.07, 6.45) is 2.47. The average molecular weight is 332 g/mol. The number of H-pyrrole nitrogens is 1. The normalized spacial score (nSPS) is 12.1. The van der Waals surface area contributed by atoms with Crippen LogP contribution in [0.25, 0.3) is 17.0 Å². The molecule has 0 amide bonds. The van der Waals surface area contributed by atoms with Gasteiger partial charge in [-0.3, -0.25) is 0 Å². The zero-order valence-corrected chi connectivity index (χ0v) is 12.8. The lowest BCUT2D eigenvalue weighted by molar-refractivity contribution is -0.141. The Morgan fingerprint density at radius 3 is 3.00 bits per heavy atom. The van der Waals surface area contributed by atoms with Crippen LogP contribution in [-0.2, 0) is 9.53 Å². The minimum atomic E-state index is -0.786. The van der Waals surface area contributed by atoms with Crippen LogP contribution in [0.15, 0.2) is 29.3 Å². The first-order valence-corrected chi connectivity index (χ1v) is 6.93. The number of carbonyl (C=O) groups is 1. The second-order valence-electron chi connectivity index (χ2n) is 4.95. The van der Waals surface area contributed by atoms with Crippen LogP contribution in [-0.4, -0.2) is 43.7 Å². The zero-order chi connectivity index (χ0) is 17.3. The van der Waals surface area contributed by atoms with Crippen LogP contribution >= 0.6 is 0 Å². The third kappa shape index (κ3) is 2.81. The first kappa shape index (κ1) is 15.6. The molecule has 0 saturated heterocycles. The predicted octanol–water partition coefficient (Wildman–Crippen LogP) is 0.592. The van der Waals surface area contributed by atoms with E-state index in [4.69, 9.17) is 0 Å². The smallest absolute Gasteiger partial charge is 0.347 e. The number of carbonyl (C=O) groups excluding carboxylic acids is 1. The van der Waals surface area contributed by atoms with Gasteiger partial charge in [0.15, 0.2) is 23.1 Å². The maximum atomic E-state index is 13.9. The van der Waals surface area contributed by atoms with E-state index in [2.05, 4.69) is 30.2 Å². The molecule has 0 saturated carbocycles. The maximum Gasteiger partial charge on any atom is 0.347 e. The average Bonchev–Trinajstić information content (AvgIpc) is 2.96. The fraction of sp³-hybridized carbons (Fsp3) is 0.214. The Balaban J connectivity index is 1.98. The molecule has 0 aliphatic carbocycles. The lowest BCUT2D eigenvalue weighted by atomic mass is 10.2. The predicted molar refractivity (Wildman–Crippen MR) is 81.9 cm³/mol. The zero-order valence-electron chi connectivity index (χ0n) is 12.8. The summed E-state index contributed by atoms with van der Waals surface area (Å²) in [6, 6.07) is 2.46. The molecule has 24 heavy (non-hydrogen) atoms. The van der Waals surface area contributed by atoms with E-state index in [1.807, 2.05) is 0 Å². The number of aromatic amines is 1. The number of anilines is 1. The Labute approximate surface area is 134 Å². The summed E-state index contributed by atoms with van der Waals surface area (Å²) in [7, 11) is 1.24. The number of rotatable bonds is 4. The second kappa shape index (κ2) is 6.07. The molecule has 2 N–H and O–H groups in total.